The molecule has 25 heavy (non-hydrogen) atoms. The number of nitrogens with one attached hydrogen (secondary N) is 1. The summed E-state index contributed by atoms with van der Waals surface area (Å²) < 4.78 is 43.4. The van der Waals surface area contributed by atoms with Crippen LogP contribution in [0.15, 0.2) is 42.6 Å². The lowest BCUT2D eigenvalue weighted by atomic mass is 10.1. The van der Waals surface area contributed by atoms with Crippen LogP contribution in [0.4, 0.5) is 23.7 Å². The molecule has 0 bridgehead atoms. The van der Waals surface area contributed by atoms with Gasteiger partial charge in [0.25, 0.3) is 0 Å². The van der Waals surface area contributed by atoms with Crippen LogP contribution in [0, 0.1) is 6.92 Å². The van der Waals surface area contributed by atoms with Gasteiger partial charge < -0.3 is 15.0 Å². The number of halogens is 3. The molecule has 3 rings (SSSR count). The summed E-state index contributed by atoms with van der Waals surface area (Å²) in [6.07, 6.45) is -3.77. The van der Waals surface area contributed by atoms with Crippen LogP contribution >= 0.6 is 0 Å². The molecule has 2 amide bonds. The van der Waals surface area contributed by atoms with E-state index in [-0.39, 0.29) is 31.1 Å². The van der Waals surface area contributed by atoms with Crippen molar-refractivity contribution in [3.8, 4) is 5.88 Å². The second-order valence-corrected chi connectivity index (χ2v) is 5.77. The van der Waals surface area contributed by atoms with E-state index < -0.39 is 11.7 Å². The van der Waals surface area contributed by atoms with Gasteiger partial charge in [-0.15, -0.1) is 0 Å². The topological polar surface area (TPSA) is 54.5 Å². The van der Waals surface area contributed by atoms with Gasteiger partial charge in [0, 0.05) is 18.0 Å². The minimum atomic E-state index is -4.44. The zero-order valence-electron chi connectivity index (χ0n) is 13.4. The first-order valence-corrected chi connectivity index (χ1v) is 7.64. The van der Waals surface area contributed by atoms with Gasteiger partial charge in [0.05, 0.1) is 18.7 Å². The number of likely N-dealkylation sites (tertiary alicyclic amines) is 1. The van der Waals surface area contributed by atoms with E-state index in [0.717, 1.165) is 29.6 Å². The number of aromatic nitrogens is 1. The quantitative estimate of drug-likeness (QED) is 0.917. The van der Waals surface area contributed by atoms with Crippen LogP contribution in [-0.2, 0) is 6.18 Å². The Kier molecular flexibility index (Phi) is 4.52. The number of hydrogen-bond acceptors (Lipinski definition) is 3. The zero-order chi connectivity index (χ0) is 18.0. The SMILES string of the molecule is Cc1ccccc1NC(=O)N1CC(Oc2cc(C(F)(F)F)ccn2)C1. The predicted octanol–water partition coefficient (Wildman–Crippen LogP) is 3.70. The van der Waals surface area contributed by atoms with E-state index in [1.165, 1.54) is 4.90 Å². The Morgan fingerprint density at radius 2 is 2.00 bits per heavy atom. The maximum Gasteiger partial charge on any atom is 0.416 e. The van der Waals surface area contributed by atoms with Gasteiger partial charge in [0.1, 0.15) is 6.10 Å². The molecule has 0 atom stereocenters. The van der Waals surface area contributed by atoms with E-state index in [2.05, 4.69) is 10.3 Å². The van der Waals surface area contributed by atoms with E-state index in [4.69, 9.17) is 4.74 Å². The van der Waals surface area contributed by atoms with Gasteiger partial charge in [-0.25, -0.2) is 9.78 Å². The van der Waals surface area contributed by atoms with Gasteiger partial charge in [0.2, 0.25) is 5.88 Å². The summed E-state index contributed by atoms with van der Waals surface area (Å²) >= 11 is 0. The smallest absolute Gasteiger partial charge is 0.416 e. The molecule has 0 radical (unpaired) electrons. The van der Waals surface area contributed by atoms with Crippen molar-refractivity contribution in [2.75, 3.05) is 18.4 Å². The van der Waals surface area contributed by atoms with Crippen LogP contribution in [-0.4, -0.2) is 35.1 Å². The van der Waals surface area contributed by atoms with Crippen LogP contribution in [0.5, 0.6) is 5.88 Å². The fourth-order valence-corrected chi connectivity index (χ4v) is 2.41. The third kappa shape index (κ3) is 4.01. The predicted molar refractivity (Wildman–Crippen MR) is 85.4 cm³/mol. The van der Waals surface area contributed by atoms with Crippen molar-refractivity contribution in [2.45, 2.75) is 19.2 Å². The molecule has 0 saturated carbocycles. The molecule has 8 heteroatoms. The molecule has 2 aromatic rings. The molecule has 1 aromatic heterocycles. The molecule has 0 unspecified atom stereocenters. The number of anilines is 1. The van der Waals surface area contributed by atoms with E-state index in [1.807, 2.05) is 25.1 Å². The van der Waals surface area contributed by atoms with Crippen LogP contribution in [0.1, 0.15) is 11.1 Å². The van der Waals surface area contributed by atoms with Gasteiger partial charge in [0.15, 0.2) is 0 Å². The lowest BCUT2D eigenvalue weighted by molar-refractivity contribution is -0.137. The normalized spacial score (nSPS) is 14.8. The summed E-state index contributed by atoms with van der Waals surface area (Å²) in [7, 11) is 0. The van der Waals surface area contributed by atoms with Crippen molar-refractivity contribution in [1.82, 2.24) is 9.88 Å². The Bertz CT molecular complexity index is 774. The highest BCUT2D eigenvalue weighted by Gasteiger charge is 2.34. The number of carbonyl (C=O) groups excluding carboxylic acids is 1. The number of ether oxygens (including phenoxy) is 1. The van der Waals surface area contributed by atoms with Crippen LogP contribution in [0.2, 0.25) is 0 Å². The van der Waals surface area contributed by atoms with Crippen molar-refractivity contribution in [3.63, 3.8) is 0 Å². The van der Waals surface area contributed by atoms with Gasteiger partial charge in [-0.3, -0.25) is 0 Å². The number of hydrogen-bond donors (Lipinski definition) is 1. The number of benzene rings is 1. The van der Waals surface area contributed by atoms with Crippen molar-refractivity contribution in [2.24, 2.45) is 0 Å². The number of amides is 2. The van der Waals surface area contributed by atoms with Crippen LogP contribution in [0.25, 0.3) is 0 Å². The minimum Gasteiger partial charge on any atom is -0.471 e. The number of alkyl halides is 3. The second kappa shape index (κ2) is 6.62. The lowest BCUT2D eigenvalue weighted by Gasteiger charge is -2.38. The average molecular weight is 351 g/mol. The minimum absolute atomic E-state index is 0.0983. The highest BCUT2D eigenvalue weighted by Crippen LogP contribution is 2.31. The van der Waals surface area contributed by atoms with Crippen molar-refractivity contribution >= 4 is 11.7 Å². The zero-order valence-corrected chi connectivity index (χ0v) is 13.4. The number of nitrogens with zero attached hydrogens (tertiary/aromatic N) is 2. The molecular weight excluding hydrogens is 335 g/mol. The Balaban J connectivity index is 1.53. The Morgan fingerprint density at radius 3 is 2.68 bits per heavy atom. The molecule has 132 valence electrons. The molecule has 0 spiro atoms. The highest BCUT2D eigenvalue weighted by atomic mass is 19.4. The maximum absolute atomic E-state index is 12.7. The summed E-state index contributed by atoms with van der Waals surface area (Å²) in [5, 5.41) is 2.79. The monoisotopic (exact) mass is 351 g/mol. The fraction of sp³-hybridized carbons (Fsp3) is 0.294. The van der Waals surface area contributed by atoms with Gasteiger partial charge >= 0.3 is 12.2 Å². The largest absolute Gasteiger partial charge is 0.471 e. The summed E-state index contributed by atoms with van der Waals surface area (Å²) in [5.41, 5.74) is 0.847. The molecule has 1 aliphatic rings. The van der Waals surface area contributed by atoms with Crippen LogP contribution in [0.3, 0.4) is 0 Å². The number of aryl methyl sites for hydroxylation is 1. The van der Waals surface area contributed by atoms with E-state index >= 15 is 0 Å². The van der Waals surface area contributed by atoms with Crippen molar-refractivity contribution < 1.29 is 22.7 Å². The first kappa shape index (κ1) is 17.1. The Morgan fingerprint density at radius 1 is 1.28 bits per heavy atom. The molecule has 2 heterocycles. The fourth-order valence-electron chi connectivity index (χ4n) is 2.41. The summed E-state index contributed by atoms with van der Waals surface area (Å²) in [4.78, 5) is 17.4. The number of para-hydroxylation sites is 1. The lowest BCUT2D eigenvalue weighted by Crippen LogP contribution is -2.57. The second-order valence-electron chi connectivity index (χ2n) is 5.77. The van der Waals surface area contributed by atoms with Gasteiger partial charge in [-0.05, 0) is 24.6 Å². The van der Waals surface area contributed by atoms with Gasteiger partial charge in [-0.2, -0.15) is 13.2 Å². The molecule has 1 N–H and O–H groups in total. The number of pyridine rings is 1. The van der Waals surface area contributed by atoms with Gasteiger partial charge in [-0.1, -0.05) is 18.2 Å². The third-order valence-corrected chi connectivity index (χ3v) is 3.87. The molecule has 1 saturated heterocycles. The standard InChI is InChI=1S/C17H16F3N3O2/c1-11-4-2-3-5-14(11)22-16(24)23-9-13(10-23)25-15-8-12(6-7-21-15)17(18,19)20/h2-8,13H,9-10H2,1H3,(H,22,24). The molecule has 5 nitrogen and oxygen atoms in total. The van der Waals surface area contributed by atoms with E-state index in [9.17, 15) is 18.0 Å². The van der Waals surface area contributed by atoms with Crippen LogP contribution < -0.4 is 10.1 Å². The first-order chi connectivity index (χ1) is 11.8. The van der Waals surface area contributed by atoms with Crippen molar-refractivity contribution in [1.29, 1.82) is 0 Å². The maximum atomic E-state index is 12.7. The summed E-state index contributed by atoms with van der Waals surface area (Å²) in [6, 6.07) is 8.85. The summed E-state index contributed by atoms with van der Waals surface area (Å²) in [6.45, 7) is 2.46. The number of rotatable bonds is 3. The number of urea groups is 1. The average Bonchev–Trinajstić information content (AvgIpc) is 2.52. The molecule has 1 aliphatic heterocycles. The summed E-state index contributed by atoms with van der Waals surface area (Å²) in [5.74, 6) is -0.0983. The first-order valence-electron chi connectivity index (χ1n) is 7.64. The molecular formula is C17H16F3N3O2. The Hall–Kier alpha value is -2.77. The number of carbonyl (C=O) groups is 1. The highest BCUT2D eigenvalue weighted by molar-refractivity contribution is 5.90. The van der Waals surface area contributed by atoms with E-state index in [1.54, 1.807) is 6.07 Å². The molecule has 1 aromatic carbocycles. The molecule has 0 aliphatic carbocycles. The van der Waals surface area contributed by atoms with Crippen molar-refractivity contribution in [3.05, 3.63) is 53.7 Å². The molecule has 1 fully saturated rings. The van der Waals surface area contributed by atoms with E-state index in [0.29, 0.717) is 0 Å². The Labute approximate surface area is 142 Å². The third-order valence-electron chi connectivity index (χ3n) is 3.87.